The maximum absolute atomic E-state index is 11.2. The van der Waals surface area contributed by atoms with E-state index in [1.807, 2.05) is 0 Å². The van der Waals surface area contributed by atoms with Gasteiger partial charge < -0.3 is 14.5 Å². The van der Waals surface area contributed by atoms with E-state index in [-0.39, 0.29) is 6.54 Å². The van der Waals surface area contributed by atoms with E-state index in [9.17, 15) is 4.79 Å². The Morgan fingerprint density at radius 2 is 2.33 bits per heavy atom. The van der Waals surface area contributed by atoms with Gasteiger partial charge in [0.1, 0.15) is 5.60 Å². The summed E-state index contributed by atoms with van der Waals surface area (Å²) in [6.45, 7) is 5.61. The lowest BCUT2D eigenvalue weighted by Gasteiger charge is -2.19. The molecule has 6 heteroatoms. The highest BCUT2D eigenvalue weighted by Gasteiger charge is 2.16. The monoisotopic (exact) mass is 276 g/mol. The molecule has 0 aromatic carbocycles. The molecule has 15 heavy (non-hydrogen) atoms. The molecule has 0 saturated carbocycles. The molecule has 1 aromatic heterocycles. The topological polar surface area (TPSA) is 64.4 Å². The first-order valence-corrected chi connectivity index (χ1v) is 5.23. The average molecular weight is 277 g/mol. The number of aromatic nitrogens is 1. The number of oxazole rings is 1. The van der Waals surface area contributed by atoms with Crippen LogP contribution in [0.4, 0.5) is 4.79 Å². The third kappa shape index (κ3) is 4.83. The van der Waals surface area contributed by atoms with E-state index in [4.69, 9.17) is 9.15 Å². The number of alkyl carbamates (subject to hydrolysis) is 1. The summed E-state index contributed by atoms with van der Waals surface area (Å²) in [7, 11) is 0. The zero-order chi connectivity index (χ0) is 11.5. The Bertz CT molecular complexity index is 343. The fourth-order valence-electron chi connectivity index (χ4n) is 0.832. The van der Waals surface area contributed by atoms with Gasteiger partial charge in [-0.1, -0.05) is 0 Å². The van der Waals surface area contributed by atoms with Crippen LogP contribution >= 0.6 is 15.9 Å². The molecule has 1 rings (SSSR count). The third-order valence-electron chi connectivity index (χ3n) is 1.31. The molecular formula is C9H13BrN2O3. The van der Waals surface area contributed by atoms with Crippen molar-refractivity contribution in [2.45, 2.75) is 32.9 Å². The van der Waals surface area contributed by atoms with Gasteiger partial charge in [-0.3, -0.25) is 0 Å². The smallest absolute Gasteiger partial charge is 0.408 e. The molecule has 0 bridgehead atoms. The van der Waals surface area contributed by atoms with Gasteiger partial charge in [0, 0.05) is 0 Å². The van der Waals surface area contributed by atoms with Crippen molar-refractivity contribution in [2.75, 3.05) is 0 Å². The molecule has 0 spiro atoms. The summed E-state index contributed by atoms with van der Waals surface area (Å²) >= 11 is 3.11. The summed E-state index contributed by atoms with van der Waals surface area (Å²) < 4.78 is 10.7. The second-order valence-electron chi connectivity index (χ2n) is 3.91. The molecule has 0 aliphatic carbocycles. The van der Waals surface area contributed by atoms with Crippen LogP contribution in [0.25, 0.3) is 0 Å². The van der Waals surface area contributed by atoms with Crippen molar-refractivity contribution in [3.8, 4) is 0 Å². The maximum Gasteiger partial charge on any atom is 0.408 e. The van der Waals surface area contributed by atoms with Gasteiger partial charge in [0.05, 0.1) is 12.7 Å². The zero-order valence-corrected chi connectivity index (χ0v) is 10.4. The summed E-state index contributed by atoms with van der Waals surface area (Å²) in [5.74, 6) is 0.424. The van der Waals surface area contributed by atoms with Crippen molar-refractivity contribution in [3.05, 3.63) is 16.8 Å². The van der Waals surface area contributed by atoms with Crippen LogP contribution in [-0.2, 0) is 11.3 Å². The summed E-state index contributed by atoms with van der Waals surface area (Å²) in [4.78, 5) is 15.1. The number of hydrogen-bond donors (Lipinski definition) is 1. The minimum absolute atomic E-state index is 0.209. The summed E-state index contributed by atoms with van der Waals surface area (Å²) in [6, 6.07) is 0. The number of carbonyl (C=O) groups is 1. The lowest BCUT2D eigenvalue weighted by atomic mass is 10.2. The van der Waals surface area contributed by atoms with Crippen LogP contribution in [0, 0.1) is 0 Å². The van der Waals surface area contributed by atoms with Gasteiger partial charge in [0.15, 0.2) is 4.67 Å². The van der Waals surface area contributed by atoms with Gasteiger partial charge >= 0.3 is 6.09 Å². The molecule has 0 saturated heterocycles. The van der Waals surface area contributed by atoms with Crippen LogP contribution in [0.3, 0.4) is 0 Å². The van der Waals surface area contributed by atoms with Crippen molar-refractivity contribution in [1.29, 1.82) is 0 Å². The van der Waals surface area contributed by atoms with Crippen LogP contribution < -0.4 is 5.32 Å². The summed E-state index contributed by atoms with van der Waals surface area (Å²) in [5.41, 5.74) is -0.499. The molecule has 0 radical (unpaired) electrons. The lowest BCUT2D eigenvalue weighted by Crippen LogP contribution is -2.32. The first-order valence-electron chi connectivity index (χ1n) is 4.44. The molecule has 0 fully saturated rings. The summed E-state index contributed by atoms with van der Waals surface area (Å²) in [5, 5.41) is 2.53. The predicted octanol–water partition coefficient (Wildman–Crippen LogP) is 2.46. The second-order valence-corrected chi connectivity index (χ2v) is 4.70. The van der Waals surface area contributed by atoms with Crippen LogP contribution in [0.15, 0.2) is 15.3 Å². The lowest BCUT2D eigenvalue weighted by molar-refractivity contribution is 0.0518. The Hall–Kier alpha value is -1.04. The first kappa shape index (κ1) is 12.0. The highest BCUT2D eigenvalue weighted by atomic mass is 79.9. The third-order valence-corrected chi connectivity index (χ3v) is 1.67. The molecule has 1 heterocycles. The van der Waals surface area contributed by atoms with E-state index >= 15 is 0 Å². The molecule has 84 valence electrons. The molecule has 0 aliphatic heterocycles. The maximum atomic E-state index is 11.2. The minimum Gasteiger partial charge on any atom is -0.444 e. The van der Waals surface area contributed by atoms with Crippen LogP contribution in [0.1, 0.15) is 26.7 Å². The predicted molar refractivity (Wildman–Crippen MR) is 57.3 cm³/mol. The van der Waals surface area contributed by atoms with Crippen LogP contribution in [-0.4, -0.2) is 16.7 Å². The van der Waals surface area contributed by atoms with Gasteiger partial charge in [0.2, 0.25) is 5.89 Å². The van der Waals surface area contributed by atoms with Crippen molar-refractivity contribution >= 4 is 22.0 Å². The largest absolute Gasteiger partial charge is 0.444 e. The van der Waals surface area contributed by atoms with Gasteiger partial charge in [-0.2, -0.15) is 0 Å². The number of amides is 1. The van der Waals surface area contributed by atoms with E-state index in [0.717, 1.165) is 0 Å². The first-order chi connectivity index (χ1) is 6.87. The number of hydrogen-bond acceptors (Lipinski definition) is 4. The SMILES string of the molecule is CC(C)(C)OC(=O)NCc1ncc(Br)o1. The number of ether oxygens (including phenoxy) is 1. The quantitative estimate of drug-likeness (QED) is 0.901. The van der Waals surface area contributed by atoms with E-state index in [0.29, 0.717) is 10.6 Å². The molecule has 0 aliphatic rings. The summed E-state index contributed by atoms with van der Waals surface area (Å²) in [6.07, 6.45) is 1.03. The van der Waals surface area contributed by atoms with Gasteiger partial charge in [-0.05, 0) is 36.7 Å². The molecule has 1 N–H and O–H groups in total. The molecule has 0 atom stereocenters. The Morgan fingerprint density at radius 1 is 1.67 bits per heavy atom. The zero-order valence-electron chi connectivity index (χ0n) is 8.83. The normalized spacial score (nSPS) is 11.2. The Morgan fingerprint density at radius 3 is 2.80 bits per heavy atom. The number of rotatable bonds is 2. The fraction of sp³-hybridized carbons (Fsp3) is 0.556. The second kappa shape index (κ2) is 4.65. The molecule has 0 unspecified atom stereocenters. The van der Waals surface area contributed by atoms with Crippen LogP contribution in [0.5, 0.6) is 0 Å². The van der Waals surface area contributed by atoms with Crippen molar-refractivity contribution < 1.29 is 13.9 Å². The van der Waals surface area contributed by atoms with Crippen molar-refractivity contribution in [3.63, 3.8) is 0 Å². The van der Waals surface area contributed by atoms with E-state index in [1.54, 1.807) is 20.8 Å². The molecule has 1 amide bonds. The Kier molecular flexibility index (Phi) is 3.73. The van der Waals surface area contributed by atoms with Crippen molar-refractivity contribution in [1.82, 2.24) is 10.3 Å². The number of halogens is 1. The van der Waals surface area contributed by atoms with Gasteiger partial charge in [-0.15, -0.1) is 0 Å². The molecular weight excluding hydrogens is 264 g/mol. The highest BCUT2D eigenvalue weighted by molar-refractivity contribution is 9.10. The Balaban J connectivity index is 2.35. The number of carbonyl (C=O) groups excluding carboxylic acids is 1. The fourth-order valence-corrected chi connectivity index (χ4v) is 1.12. The molecule has 1 aromatic rings. The molecule has 5 nitrogen and oxygen atoms in total. The van der Waals surface area contributed by atoms with Gasteiger partial charge in [0.25, 0.3) is 0 Å². The van der Waals surface area contributed by atoms with Gasteiger partial charge in [-0.25, -0.2) is 9.78 Å². The standard InChI is InChI=1S/C9H13BrN2O3/c1-9(2,3)15-8(13)12-5-7-11-4-6(10)14-7/h4H,5H2,1-3H3,(H,12,13). The average Bonchev–Trinajstić information content (AvgIpc) is 2.45. The Labute approximate surface area is 96.3 Å². The number of nitrogens with zero attached hydrogens (tertiary/aromatic N) is 1. The van der Waals surface area contributed by atoms with E-state index in [2.05, 4.69) is 26.2 Å². The van der Waals surface area contributed by atoms with E-state index < -0.39 is 11.7 Å². The van der Waals surface area contributed by atoms with Crippen molar-refractivity contribution in [2.24, 2.45) is 0 Å². The minimum atomic E-state index is -0.499. The highest BCUT2D eigenvalue weighted by Crippen LogP contribution is 2.10. The van der Waals surface area contributed by atoms with Crippen LogP contribution in [0.2, 0.25) is 0 Å². The number of nitrogens with one attached hydrogen (secondary N) is 1. The van der Waals surface area contributed by atoms with E-state index in [1.165, 1.54) is 6.20 Å².